The summed E-state index contributed by atoms with van der Waals surface area (Å²) in [6.45, 7) is 3.16. The maximum Gasteiger partial charge on any atom is 0.0909 e. The first-order chi connectivity index (χ1) is 8.66. The van der Waals surface area contributed by atoms with Crippen LogP contribution in [0.5, 0.6) is 0 Å². The fourth-order valence-corrected chi connectivity index (χ4v) is 3.20. The Morgan fingerprint density at radius 2 is 2.15 bits per heavy atom. The van der Waals surface area contributed by atoms with E-state index in [1.807, 2.05) is 0 Å². The summed E-state index contributed by atoms with van der Waals surface area (Å²) in [5.74, 6) is 0. The second kappa shape index (κ2) is 7.09. The van der Waals surface area contributed by atoms with Crippen LogP contribution in [0.1, 0.15) is 29.8 Å². The number of aliphatic hydroxyl groups is 1. The number of aryl methyl sites for hydroxylation is 1. The third-order valence-electron chi connectivity index (χ3n) is 4.10. The number of hydrogen-bond donors (Lipinski definition) is 3. The van der Waals surface area contributed by atoms with Crippen LogP contribution in [0, 0.1) is 0 Å². The number of likely N-dealkylation sites (N-methyl/N-ethyl adjacent to an activating group) is 1. The fraction of sp³-hybridized carbons (Fsp3) is 0.769. The van der Waals surface area contributed by atoms with Crippen molar-refractivity contribution in [3.8, 4) is 0 Å². The quantitative estimate of drug-likeness (QED) is 0.770. The lowest BCUT2D eigenvalue weighted by atomic mass is 10.0. The van der Waals surface area contributed by atoms with Gasteiger partial charge in [0.1, 0.15) is 0 Å². The van der Waals surface area contributed by atoms with Crippen LogP contribution in [0.3, 0.4) is 0 Å². The van der Waals surface area contributed by atoms with Crippen molar-refractivity contribution in [2.24, 2.45) is 0 Å². The van der Waals surface area contributed by atoms with Gasteiger partial charge >= 0.3 is 0 Å². The molecule has 2 aliphatic rings. The summed E-state index contributed by atoms with van der Waals surface area (Å²) >= 11 is 0. The van der Waals surface area contributed by atoms with Gasteiger partial charge in [-0.2, -0.15) is 5.10 Å². The van der Waals surface area contributed by atoms with Crippen molar-refractivity contribution in [3.63, 3.8) is 0 Å². The number of fused-ring (bicyclic) bond motifs is 1. The van der Waals surface area contributed by atoms with Gasteiger partial charge < -0.3 is 10.4 Å². The maximum atomic E-state index is 10.4. The molecule has 1 saturated heterocycles. The number of halogens is 2. The van der Waals surface area contributed by atoms with Crippen LogP contribution in [0.2, 0.25) is 0 Å². The minimum Gasteiger partial charge on any atom is -0.387 e. The smallest absolute Gasteiger partial charge is 0.0909 e. The predicted octanol–water partition coefficient (Wildman–Crippen LogP) is 0.898. The van der Waals surface area contributed by atoms with E-state index >= 15 is 0 Å². The Bertz CT molecular complexity index is 432. The molecule has 2 heterocycles. The van der Waals surface area contributed by atoms with E-state index in [-0.39, 0.29) is 24.8 Å². The van der Waals surface area contributed by atoms with E-state index < -0.39 is 5.60 Å². The number of nitrogens with one attached hydrogen (secondary N) is 2. The molecule has 0 aromatic carbocycles. The Balaban J connectivity index is 0.000001000. The molecule has 0 spiro atoms. The van der Waals surface area contributed by atoms with Crippen LogP contribution >= 0.6 is 24.8 Å². The lowest BCUT2D eigenvalue weighted by Gasteiger charge is -2.27. The maximum absolute atomic E-state index is 10.4. The van der Waals surface area contributed by atoms with Crippen molar-refractivity contribution in [2.75, 3.05) is 26.7 Å². The third kappa shape index (κ3) is 3.65. The highest BCUT2D eigenvalue weighted by Gasteiger charge is 2.32. The molecule has 1 aromatic heterocycles. The molecule has 5 nitrogen and oxygen atoms in total. The molecule has 0 bridgehead atoms. The number of hydrogen-bond acceptors (Lipinski definition) is 4. The fourth-order valence-electron chi connectivity index (χ4n) is 3.20. The Morgan fingerprint density at radius 3 is 2.85 bits per heavy atom. The molecule has 0 saturated carbocycles. The van der Waals surface area contributed by atoms with E-state index in [1.165, 1.54) is 23.4 Å². The minimum absolute atomic E-state index is 0. The predicted molar refractivity (Wildman–Crippen MR) is 83.9 cm³/mol. The Kier molecular flexibility index (Phi) is 6.28. The number of aromatic nitrogens is 2. The topological polar surface area (TPSA) is 64.2 Å². The van der Waals surface area contributed by atoms with Crippen LogP contribution in [0.15, 0.2) is 0 Å². The van der Waals surface area contributed by atoms with E-state index in [0.717, 1.165) is 32.4 Å². The molecule has 3 N–H and O–H groups in total. The van der Waals surface area contributed by atoms with Gasteiger partial charge in [0.15, 0.2) is 0 Å². The van der Waals surface area contributed by atoms with Crippen LogP contribution in [0.25, 0.3) is 0 Å². The molecular formula is C13H24Cl2N4O. The monoisotopic (exact) mass is 322 g/mol. The van der Waals surface area contributed by atoms with Gasteiger partial charge in [-0.05, 0) is 44.8 Å². The Morgan fingerprint density at radius 1 is 1.35 bits per heavy atom. The normalized spacial score (nSPS) is 24.4. The van der Waals surface area contributed by atoms with Gasteiger partial charge in [-0.15, -0.1) is 24.8 Å². The van der Waals surface area contributed by atoms with Crippen LogP contribution in [0.4, 0.5) is 0 Å². The molecule has 0 radical (unpaired) electrons. The molecule has 1 aliphatic carbocycles. The molecular weight excluding hydrogens is 299 g/mol. The summed E-state index contributed by atoms with van der Waals surface area (Å²) in [6.07, 6.45) is 4.38. The van der Waals surface area contributed by atoms with Crippen LogP contribution < -0.4 is 5.32 Å². The van der Waals surface area contributed by atoms with E-state index in [2.05, 4.69) is 27.5 Å². The van der Waals surface area contributed by atoms with E-state index in [9.17, 15) is 5.11 Å². The zero-order valence-electron chi connectivity index (χ0n) is 11.8. The highest BCUT2D eigenvalue weighted by atomic mass is 35.5. The number of β-amino-alcohol motifs (C(OH)–C–C–N with tert-alkyl or cyclic N) is 1. The third-order valence-corrected chi connectivity index (χ3v) is 4.10. The SMILES string of the molecule is CN(Cc1n[nH]c2c1CCC2)CC1(O)CCNC1.Cl.Cl. The zero-order valence-corrected chi connectivity index (χ0v) is 13.4. The molecule has 116 valence electrons. The van der Waals surface area contributed by atoms with Crippen LogP contribution in [-0.2, 0) is 19.4 Å². The van der Waals surface area contributed by atoms with Crippen LogP contribution in [-0.4, -0.2) is 52.5 Å². The number of rotatable bonds is 4. The standard InChI is InChI=1S/C13H22N4O.2ClH/c1-17(9-13(18)5-6-14-8-13)7-12-10-3-2-4-11(10)15-16-12;;/h14,18H,2-9H2,1H3,(H,15,16);2*1H. The molecule has 7 heteroatoms. The van der Waals surface area contributed by atoms with Gasteiger partial charge in [0.05, 0.1) is 11.3 Å². The summed E-state index contributed by atoms with van der Waals surface area (Å²) in [5, 5.41) is 21.1. The summed E-state index contributed by atoms with van der Waals surface area (Å²) in [4.78, 5) is 2.18. The second-order valence-electron chi connectivity index (χ2n) is 5.80. The average molecular weight is 323 g/mol. The van der Waals surface area contributed by atoms with Gasteiger partial charge in [0.2, 0.25) is 0 Å². The lowest BCUT2D eigenvalue weighted by Crippen LogP contribution is -2.43. The van der Waals surface area contributed by atoms with Crippen molar-refractivity contribution in [1.29, 1.82) is 0 Å². The van der Waals surface area contributed by atoms with Crippen molar-refractivity contribution in [2.45, 2.75) is 37.8 Å². The van der Waals surface area contributed by atoms with E-state index in [0.29, 0.717) is 13.1 Å². The Labute approximate surface area is 132 Å². The number of H-pyrrole nitrogens is 1. The molecule has 1 fully saturated rings. The first kappa shape index (κ1) is 17.7. The molecule has 20 heavy (non-hydrogen) atoms. The van der Waals surface area contributed by atoms with Gasteiger partial charge in [-0.1, -0.05) is 0 Å². The summed E-state index contributed by atoms with van der Waals surface area (Å²) in [5.41, 5.74) is 3.34. The van der Waals surface area contributed by atoms with Gasteiger partial charge in [0.25, 0.3) is 0 Å². The highest BCUT2D eigenvalue weighted by Crippen LogP contribution is 2.24. The second-order valence-corrected chi connectivity index (χ2v) is 5.80. The molecule has 3 rings (SSSR count). The summed E-state index contributed by atoms with van der Waals surface area (Å²) in [7, 11) is 2.06. The summed E-state index contributed by atoms with van der Waals surface area (Å²) in [6, 6.07) is 0. The van der Waals surface area contributed by atoms with E-state index in [4.69, 9.17) is 0 Å². The average Bonchev–Trinajstić information content (AvgIpc) is 2.97. The molecule has 0 amide bonds. The van der Waals surface area contributed by atoms with Crippen molar-refractivity contribution in [1.82, 2.24) is 20.4 Å². The van der Waals surface area contributed by atoms with Gasteiger partial charge in [-0.3, -0.25) is 10.00 Å². The van der Waals surface area contributed by atoms with Gasteiger partial charge in [0, 0.05) is 25.3 Å². The summed E-state index contributed by atoms with van der Waals surface area (Å²) < 4.78 is 0. The Hall–Kier alpha value is -0.330. The first-order valence-corrected chi connectivity index (χ1v) is 6.83. The van der Waals surface area contributed by atoms with Crippen molar-refractivity contribution < 1.29 is 5.11 Å². The molecule has 1 atom stereocenters. The number of nitrogens with zero attached hydrogens (tertiary/aromatic N) is 2. The number of aromatic amines is 1. The van der Waals surface area contributed by atoms with Crippen molar-refractivity contribution in [3.05, 3.63) is 17.0 Å². The lowest BCUT2D eigenvalue weighted by molar-refractivity contribution is 0.0260. The highest BCUT2D eigenvalue weighted by molar-refractivity contribution is 5.85. The molecule has 1 unspecified atom stereocenters. The first-order valence-electron chi connectivity index (χ1n) is 6.83. The molecule has 1 aromatic rings. The van der Waals surface area contributed by atoms with Crippen molar-refractivity contribution >= 4 is 24.8 Å². The van der Waals surface area contributed by atoms with E-state index in [1.54, 1.807) is 0 Å². The zero-order chi connectivity index (χ0) is 12.6. The molecule has 1 aliphatic heterocycles. The largest absolute Gasteiger partial charge is 0.387 e. The minimum atomic E-state index is -0.561. The van der Waals surface area contributed by atoms with Gasteiger partial charge in [-0.25, -0.2) is 0 Å².